The minimum atomic E-state index is -0.455. The molecule has 2 aromatic heterocycles. The molecule has 0 atom stereocenters. The minimum absolute atomic E-state index is 0.455. The monoisotopic (exact) mass is 854 g/mol. The summed E-state index contributed by atoms with van der Waals surface area (Å²) in [5.41, 5.74) is 19.0. The van der Waals surface area contributed by atoms with Crippen LogP contribution >= 0.6 is 0 Å². The van der Waals surface area contributed by atoms with Crippen LogP contribution in [0.2, 0.25) is 0 Å². The summed E-state index contributed by atoms with van der Waals surface area (Å²) in [5, 5.41) is 0. The molecule has 2 heterocycles. The standard InChI is InChI=1S/C63H42N4/c1-4-16-44(17-5-1)60-65-61(45-33-31-43(32-34-45)53-24-15-37-64-42-53)67-62(66-60)52-23-14-22-50(40-52)48-20-12-18-46(38-48)47-19-13-21-49(39-47)51-35-36-57-56-29-10-11-30-58(56)63(59(57)41-51,54-25-6-2-7-26-54)55-27-8-3-9-28-55/h1-42H. The molecule has 0 aliphatic heterocycles. The van der Waals surface area contributed by atoms with Gasteiger partial charge >= 0.3 is 0 Å². The van der Waals surface area contributed by atoms with E-state index in [0.29, 0.717) is 17.5 Å². The highest BCUT2D eigenvalue weighted by Gasteiger charge is 2.46. The van der Waals surface area contributed by atoms with E-state index in [2.05, 4.69) is 211 Å². The van der Waals surface area contributed by atoms with Gasteiger partial charge in [-0.05, 0) is 108 Å². The zero-order valence-corrected chi connectivity index (χ0v) is 36.5. The van der Waals surface area contributed by atoms with Gasteiger partial charge in [-0.3, -0.25) is 4.98 Å². The van der Waals surface area contributed by atoms with Gasteiger partial charge in [-0.15, -0.1) is 0 Å². The van der Waals surface area contributed by atoms with Gasteiger partial charge in [0.2, 0.25) is 0 Å². The van der Waals surface area contributed by atoms with E-state index in [9.17, 15) is 0 Å². The third-order valence-corrected chi connectivity index (χ3v) is 13.1. The Labute approximate surface area is 390 Å². The lowest BCUT2D eigenvalue weighted by Gasteiger charge is -2.34. The summed E-state index contributed by atoms with van der Waals surface area (Å²) in [7, 11) is 0. The van der Waals surface area contributed by atoms with E-state index < -0.39 is 5.41 Å². The summed E-state index contributed by atoms with van der Waals surface area (Å²) in [6, 6.07) is 86.7. The fourth-order valence-electron chi connectivity index (χ4n) is 9.91. The zero-order valence-electron chi connectivity index (χ0n) is 36.5. The number of nitrogens with zero attached hydrogens (tertiary/aromatic N) is 4. The van der Waals surface area contributed by atoms with Crippen LogP contribution in [-0.4, -0.2) is 19.9 Å². The van der Waals surface area contributed by atoms with Crippen molar-refractivity contribution in [2.45, 2.75) is 5.41 Å². The molecule has 9 aromatic carbocycles. The topological polar surface area (TPSA) is 51.6 Å². The Morgan fingerprint density at radius 2 is 0.657 bits per heavy atom. The average molecular weight is 855 g/mol. The van der Waals surface area contributed by atoms with Crippen molar-refractivity contribution < 1.29 is 0 Å². The first-order chi connectivity index (χ1) is 33.2. The normalized spacial score (nSPS) is 12.3. The van der Waals surface area contributed by atoms with Crippen molar-refractivity contribution in [3.63, 3.8) is 0 Å². The van der Waals surface area contributed by atoms with Crippen LogP contribution < -0.4 is 0 Å². The Hall–Kier alpha value is -8.86. The molecule has 0 bridgehead atoms. The molecule has 0 saturated carbocycles. The predicted octanol–water partition coefficient (Wildman–Crippen LogP) is 15.3. The van der Waals surface area contributed by atoms with Crippen LogP contribution in [0.15, 0.2) is 255 Å². The van der Waals surface area contributed by atoms with Gasteiger partial charge in [0, 0.05) is 29.1 Å². The first-order valence-electron chi connectivity index (χ1n) is 22.7. The van der Waals surface area contributed by atoms with Crippen molar-refractivity contribution in [3.05, 3.63) is 277 Å². The maximum Gasteiger partial charge on any atom is 0.164 e. The van der Waals surface area contributed by atoms with Crippen LogP contribution in [0.25, 0.3) is 89.8 Å². The second-order valence-electron chi connectivity index (χ2n) is 17.0. The molecule has 12 rings (SSSR count). The summed E-state index contributed by atoms with van der Waals surface area (Å²) in [5.74, 6) is 1.86. The summed E-state index contributed by atoms with van der Waals surface area (Å²) in [4.78, 5) is 19.4. The Morgan fingerprint density at radius 1 is 0.254 bits per heavy atom. The Kier molecular flexibility index (Phi) is 10.0. The summed E-state index contributed by atoms with van der Waals surface area (Å²) >= 11 is 0. The van der Waals surface area contributed by atoms with Crippen molar-refractivity contribution in [2.24, 2.45) is 0 Å². The molecule has 0 N–H and O–H groups in total. The van der Waals surface area contributed by atoms with Crippen LogP contribution in [0, 0.1) is 0 Å². The van der Waals surface area contributed by atoms with Gasteiger partial charge < -0.3 is 0 Å². The molecule has 11 aromatic rings. The molecular weight excluding hydrogens is 813 g/mol. The molecule has 4 nitrogen and oxygen atoms in total. The van der Waals surface area contributed by atoms with E-state index >= 15 is 0 Å². The Morgan fingerprint density at radius 3 is 1.22 bits per heavy atom. The van der Waals surface area contributed by atoms with E-state index in [0.717, 1.165) is 50.1 Å². The maximum absolute atomic E-state index is 5.08. The largest absolute Gasteiger partial charge is 0.264 e. The predicted molar refractivity (Wildman–Crippen MR) is 273 cm³/mol. The number of aromatic nitrogens is 4. The molecular formula is C63H42N4. The summed E-state index contributed by atoms with van der Waals surface area (Å²) in [6.45, 7) is 0. The number of fused-ring (bicyclic) bond motifs is 3. The van der Waals surface area contributed by atoms with Gasteiger partial charge in [-0.1, -0.05) is 212 Å². The van der Waals surface area contributed by atoms with Crippen molar-refractivity contribution in [1.82, 2.24) is 19.9 Å². The van der Waals surface area contributed by atoms with E-state index in [1.165, 1.54) is 44.5 Å². The smallest absolute Gasteiger partial charge is 0.164 e. The summed E-state index contributed by atoms with van der Waals surface area (Å²) in [6.07, 6.45) is 3.66. The molecule has 1 aliphatic carbocycles. The molecule has 314 valence electrons. The Bertz CT molecular complexity index is 3510. The van der Waals surface area contributed by atoms with E-state index in [1.54, 1.807) is 6.20 Å². The lowest BCUT2D eigenvalue weighted by Crippen LogP contribution is -2.28. The molecule has 0 spiro atoms. The first-order valence-corrected chi connectivity index (χ1v) is 22.7. The third kappa shape index (κ3) is 7.22. The average Bonchev–Trinajstić information content (AvgIpc) is 3.72. The zero-order chi connectivity index (χ0) is 44.6. The van der Waals surface area contributed by atoms with Gasteiger partial charge in [0.1, 0.15) is 0 Å². The molecule has 0 amide bonds. The lowest BCUT2D eigenvalue weighted by molar-refractivity contribution is 0.769. The molecule has 0 fully saturated rings. The van der Waals surface area contributed by atoms with Crippen LogP contribution in [0.1, 0.15) is 22.3 Å². The molecule has 67 heavy (non-hydrogen) atoms. The van der Waals surface area contributed by atoms with Crippen molar-refractivity contribution in [2.75, 3.05) is 0 Å². The van der Waals surface area contributed by atoms with Crippen molar-refractivity contribution in [1.29, 1.82) is 0 Å². The lowest BCUT2D eigenvalue weighted by atomic mass is 9.67. The minimum Gasteiger partial charge on any atom is -0.264 e. The number of hydrogen-bond acceptors (Lipinski definition) is 4. The van der Waals surface area contributed by atoms with Crippen LogP contribution in [0.5, 0.6) is 0 Å². The number of hydrogen-bond donors (Lipinski definition) is 0. The highest BCUT2D eigenvalue weighted by atomic mass is 15.0. The number of rotatable bonds is 9. The van der Waals surface area contributed by atoms with Gasteiger partial charge in [-0.25, -0.2) is 15.0 Å². The van der Waals surface area contributed by atoms with Gasteiger partial charge in [-0.2, -0.15) is 0 Å². The second kappa shape index (κ2) is 16.9. The molecule has 4 heteroatoms. The van der Waals surface area contributed by atoms with Gasteiger partial charge in [0.05, 0.1) is 5.41 Å². The fourth-order valence-corrected chi connectivity index (χ4v) is 9.91. The first kappa shape index (κ1) is 39.7. The summed E-state index contributed by atoms with van der Waals surface area (Å²) < 4.78 is 0. The van der Waals surface area contributed by atoms with E-state index in [1.807, 2.05) is 42.6 Å². The second-order valence-corrected chi connectivity index (χ2v) is 17.0. The number of pyridine rings is 1. The molecule has 1 aliphatic rings. The van der Waals surface area contributed by atoms with Gasteiger partial charge in [0.25, 0.3) is 0 Å². The number of benzene rings is 9. The highest BCUT2D eigenvalue weighted by molar-refractivity contribution is 5.89. The van der Waals surface area contributed by atoms with Crippen molar-refractivity contribution in [3.8, 4) is 89.8 Å². The van der Waals surface area contributed by atoms with E-state index in [-0.39, 0.29) is 0 Å². The molecule has 0 saturated heterocycles. The maximum atomic E-state index is 5.08. The van der Waals surface area contributed by atoms with Gasteiger partial charge in [0.15, 0.2) is 17.5 Å². The highest BCUT2D eigenvalue weighted by Crippen LogP contribution is 2.56. The molecule has 0 unspecified atom stereocenters. The quantitative estimate of drug-likeness (QED) is 0.145. The van der Waals surface area contributed by atoms with Crippen LogP contribution in [-0.2, 0) is 5.41 Å². The Balaban J connectivity index is 0.899. The van der Waals surface area contributed by atoms with Crippen LogP contribution in [0.4, 0.5) is 0 Å². The fraction of sp³-hybridized carbons (Fsp3) is 0.0159. The van der Waals surface area contributed by atoms with Crippen molar-refractivity contribution >= 4 is 0 Å². The third-order valence-electron chi connectivity index (χ3n) is 13.1. The molecule has 0 radical (unpaired) electrons. The van der Waals surface area contributed by atoms with Crippen LogP contribution in [0.3, 0.4) is 0 Å². The van der Waals surface area contributed by atoms with E-state index in [4.69, 9.17) is 15.0 Å². The SMILES string of the molecule is c1ccc(-c2nc(-c3ccc(-c4cccnc4)cc3)nc(-c3cccc(-c4cccc(-c5cccc(-c6ccc7c(c6)C(c6ccccc6)(c6ccccc6)c6ccccc6-7)c5)c4)c3)n2)cc1.